The van der Waals surface area contributed by atoms with Gasteiger partial charge in [-0.15, -0.1) is 5.10 Å². The molecule has 0 saturated heterocycles. The van der Waals surface area contributed by atoms with E-state index in [2.05, 4.69) is 26.2 Å². The second kappa shape index (κ2) is 8.55. The van der Waals surface area contributed by atoms with E-state index >= 15 is 0 Å². The van der Waals surface area contributed by atoms with Crippen molar-refractivity contribution in [2.75, 3.05) is 5.32 Å². The van der Waals surface area contributed by atoms with Crippen molar-refractivity contribution >= 4 is 17.5 Å². The van der Waals surface area contributed by atoms with E-state index < -0.39 is 35.1 Å². The summed E-state index contributed by atoms with van der Waals surface area (Å²) in [4.78, 5) is 25.0. The molecule has 3 aromatic rings. The van der Waals surface area contributed by atoms with Gasteiger partial charge in [-0.05, 0) is 52.7 Å². The van der Waals surface area contributed by atoms with Crippen LogP contribution < -0.4 is 10.6 Å². The Balaban J connectivity index is 1.72. The van der Waals surface area contributed by atoms with Crippen molar-refractivity contribution in [3.05, 3.63) is 66.0 Å². The van der Waals surface area contributed by atoms with Crippen LogP contribution in [0.25, 0.3) is 5.69 Å². The Labute approximate surface area is 164 Å². The number of tetrazole rings is 1. The number of nitrogens with one attached hydrogen (secondary N) is 2. The molecule has 10 heteroatoms. The molecule has 0 fully saturated rings. The van der Waals surface area contributed by atoms with Crippen molar-refractivity contribution < 1.29 is 18.4 Å². The second-order valence-corrected chi connectivity index (χ2v) is 6.58. The minimum absolute atomic E-state index is 0.325. The van der Waals surface area contributed by atoms with Gasteiger partial charge in [-0.1, -0.05) is 19.9 Å². The number of aromatic nitrogens is 4. The maximum absolute atomic E-state index is 13.8. The van der Waals surface area contributed by atoms with E-state index in [1.165, 1.54) is 11.0 Å². The van der Waals surface area contributed by atoms with Crippen molar-refractivity contribution in [3.63, 3.8) is 0 Å². The average molecular weight is 400 g/mol. The summed E-state index contributed by atoms with van der Waals surface area (Å²) in [6.45, 7) is 3.42. The number of halogens is 2. The van der Waals surface area contributed by atoms with Gasteiger partial charge in [0.15, 0.2) is 0 Å². The van der Waals surface area contributed by atoms with E-state index in [0.29, 0.717) is 11.4 Å². The summed E-state index contributed by atoms with van der Waals surface area (Å²) < 4.78 is 29.1. The van der Waals surface area contributed by atoms with Crippen molar-refractivity contribution in [2.24, 2.45) is 5.92 Å². The lowest BCUT2D eigenvalue weighted by Crippen LogP contribution is -2.47. The maximum atomic E-state index is 13.8. The van der Waals surface area contributed by atoms with Gasteiger partial charge in [0, 0.05) is 5.69 Å². The fourth-order valence-corrected chi connectivity index (χ4v) is 2.66. The van der Waals surface area contributed by atoms with E-state index in [4.69, 9.17) is 0 Å². The summed E-state index contributed by atoms with van der Waals surface area (Å²) in [5.41, 5.74) is 0.442. The highest BCUT2D eigenvalue weighted by Crippen LogP contribution is 2.16. The molecule has 1 aromatic heterocycles. The molecule has 8 nitrogen and oxygen atoms in total. The highest BCUT2D eigenvalue weighted by Gasteiger charge is 2.27. The van der Waals surface area contributed by atoms with Crippen LogP contribution in [0.3, 0.4) is 0 Å². The Bertz CT molecular complexity index is 986. The minimum Gasteiger partial charge on any atom is -0.340 e. The lowest BCUT2D eigenvalue weighted by atomic mass is 10.0. The van der Waals surface area contributed by atoms with Crippen LogP contribution in [-0.2, 0) is 4.79 Å². The first-order valence-corrected chi connectivity index (χ1v) is 8.76. The Morgan fingerprint density at radius 3 is 2.24 bits per heavy atom. The normalized spacial score (nSPS) is 11.9. The van der Waals surface area contributed by atoms with Crippen molar-refractivity contribution in [1.29, 1.82) is 0 Å². The van der Waals surface area contributed by atoms with Crippen LogP contribution in [0, 0.1) is 17.6 Å². The molecule has 3 rings (SSSR count). The molecule has 0 unspecified atom stereocenters. The number of carbonyl (C=O) groups is 2. The van der Waals surface area contributed by atoms with E-state index in [9.17, 15) is 18.4 Å². The van der Waals surface area contributed by atoms with Crippen LogP contribution >= 0.6 is 0 Å². The minimum atomic E-state index is -0.999. The first kappa shape index (κ1) is 20.1. The number of hydrogen-bond donors (Lipinski definition) is 2. The van der Waals surface area contributed by atoms with Gasteiger partial charge in [0.1, 0.15) is 29.6 Å². The lowest BCUT2D eigenvalue weighted by molar-refractivity contribution is -0.118. The van der Waals surface area contributed by atoms with Crippen LogP contribution in [0.1, 0.15) is 24.2 Å². The summed E-state index contributed by atoms with van der Waals surface area (Å²) >= 11 is 0. The van der Waals surface area contributed by atoms with Crippen molar-refractivity contribution in [1.82, 2.24) is 25.5 Å². The third-order valence-electron chi connectivity index (χ3n) is 4.17. The number of hydrogen-bond acceptors (Lipinski definition) is 5. The van der Waals surface area contributed by atoms with Crippen molar-refractivity contribution in [3.8, 4) is 5.69 Å². The van der Waals surface area contributed by atoms with Gasteiger partial charge in [-0.3, -0.25) is 9.59 Å². The lowest BCUT2D eigenvalue weighted by Gasteiger charge is -2.22. The number of anilines is 1. The molecule has 1 atom stereocenters. The fraction of sp³-hybridized carbons (Fsp3) is 0.211. The molecule has 29 heavy (non-hydrogen) atoms. The van der Waals surface area contributed by atoms with Gasteiger partial charge in [-0.2, -0.15) is 0 Å². The molecule has 0 aliphatic rings. The molecule has 2 aromatic carbocycles. The number of benzene rings is 2. The molecule has 2 amide bonds. The quantitative estimate of drug-likeness (QED) is 0.661. The highest BCUT2D eigenvalue weighted by molar-refractivity contribution is 6.01. The first-order valence-electron chi connectivity index (χ1n) is 8.76. The zero-order chi connectivity index (χ0) is 21.0. The Hall–Kier alpha value is -3.69. The summed E-state index contributed by atoms with van der Waals surface area (Å²) in [5, 5.41) is 15.9. The third-order valence-corrected chi connectivity index (χ3v) is 4.17. The van der Waals surface area contributed by atoms with Crippen LogP contribution in [0.4, 0.5) is 14.5 Å². The van der Waals surface area contributed by atoms with E-state index in [1.807, 2.05) is 0 Å². The average Bonchev–Trinajstić information content (AvgIpc) is 3.21. The van der Waals surface area contributed by atoms with Crippen LogP contribution in [0.15, 0.2) is 48.8 Å². The smallest absolute Gasteiger partial charge is 0.257 e. The zero-order valence-electron chi connectivity index (χ0n) is 15.6. The first-order chi connectivity index (χ1) is 13.9. The zero-order valence-corrected chi connectivity index (χ0v) is 15.6. The Kier molecular flexibility index (Phi) is 5.91. The van der Waals surface area contributed by atoms with Gasteiger partial charge in [0.05, 0.1) is 5.69 Å². The second-order valence-electron chi connectivity index (χ2n) is 6.58. The molecule has 2 N–H and O–H groups in total. The van der Waals surface area contributed by atoms with E-state index in [1.54, 1.807) is 38.1 Å². The van der Waals surface area contributed by atoms with Crippen LogP contribution in [0.2, 0.25) is 0 Å². The van der Waals surface area contributed by atoms with Gasteiger partial charge in [0.25, 0.3) is 5.91 Å². The molecule has 0 aliphatic heterocycles. The molecule has 0 aliphatic carbocycles. The highest BCUT2D eigenvalue weighted by atomic mass is 19.1. The third kappa shape index (κ3) is 4.60. The molecule has 0 saturated carbocycles. The molecular weight excluding hydrogens is 382 g/mol. The number of amides is 2. The monoisotopic (exact) mass is 400 g/mol. The van der Waals surface area contributed by atoms with Gasteiger partial charge in [-0.25, -0.2) is 13.5 Å². The fourth-order valence-electron chi connectivity index (χ4n) is 2.66. The molecule has 150 valence electrons. The van der Waals surface area contributed by atoms with Crippen LogP contribution in [-0.4, -0.2) is 38.1 Å². The summed E-state index contributed by atoms with van der Waals surface area (Å²) in [6, 6.07) is 8.81. The number of carbonyl (C=O) groups excluding carboxylic acids is 2. The van der Waals surface area contributed by atoms with Crippen LogP contribution in [0.5, 0.6) is 0 Å². The number of nitrogens with zero attached hydrogens (tertiary/aromatic N) is 4. The van der Waals surface area contributed by atoms with E-state index in [-0.39, 0.29) is 5.92 Å². The molecule has 1 heterocycles. The largest absolute Gasteiger partial charge is 0.340 e. The molecular formula is C19H18F2N6O2. The van der Waals surface area contributed by atoms with Gasteiger partial charge in [0.2, 0.25) is 5.91 Å². The Morgan fingerprint density at radius 1 is 1.03 bits per heavy atom. The molecule has 0 radical (unpaired) electrons. The SMILES string of the molecule is CC(C)[C@@H](NC(=O)c1c(F)cccc1F)C(=O)Nc1ccc(-n2cnnn2)cc1. The topological polar surface area (TPSA) is 102 Å². The van der Waals surface area contributed by atoms with Gasteiger partial charge < -0.3 is 10.6 Å². The van der Waals surface area contributed by atoms with Crippen molar-refractivity contribution in [2.45, 2.75) is 19.9 Å². The van der Waals surface area contributed by atoms with E-state index in [0.717, 1.165) is 18.2 Å². The maximum Gasteiger partial charge on any atom is 0.257 e. The molecule has 0 bridgehead atoms. The Morgan fingerprint density at radius 2 is 1.69 bits per heavy atom. The predicted octanol–water partition coefficient (Wildman–Crippen LogP) is 2.33. The van der Waals surface area contributed by atoms with Gasteiger partial charge >= 0.3 is 0 Å². The molecule has 0 spiro atoms. The standard InChI is InChI=1S/C19H18F2N6O2/c1-11(2)17(24-18(28)16-14(20)4-3-5-15(16)21)19(29)23-12-6-8-13(9-7-12)27-10-22-25-26-27/h3-11,17H,1-2H3,(H,23,29)(H,24,28)/t17-/m1/s1. The predicted molar refractivity (Wildman–Crippen MR) is 100 cm³/mol. The summed E-state index contributed by atoms with van der Waals surface area (Å²) in [5.74, 6) is -3.83. The summed E-state index contributed by atoms with van der Waals surface area (Å²) in [7, 11) is 0. The summed E-state index contributed by atoms with van der Waals surface area (Å²) in [6.07, 6.45) is 1.43. The number of rotatable bonds is 6.